The van der Waals surface area contributed by atoms with Crippen LogP contribution in [0.15, 0.2) is 54.6 Å². The van der Waals surface area contributed by atoms with E-state index in [-0.39, 0.29) is 13.0 Å². The van der Waals surface area contributed by atoms with E-state index in [2.05, 4.69) is 13.8 Å². The van der Waals surface area contributed by atoms with Gasteiger partial charge in [-0.05, 0) is 22.6 Å². The number of hydrogen-bond donors (Lipinski definition) is 0. The lowest BCUT2D eigenvalue weighted by molar-refractivity contribution is -0.154. The maximum atomic E-state index is 11.9. The Kier molecular flexibility index (Phi) is 5.48. The second-order valence-corrected chi connectivity index (χ2v) is 5.56. The SMILES string of the molecule is CC(C)c1ccc(CC(=O)C(=O)OCc2ccccc2)cc1. The summed E-state index contributed by atoms with van der Waals surface area (Å²) >= 11 is 0. The normalized spacial score (nSPS) is 10.5. The first kappa shape index (κ1) is 16.0. The second-order valence-electron chi connectivity index (χ2n) is 5.56. The molecule has 0 aliphatic heterocycles. The number of carbonyl (C=O) groups is 2. The number of esters is 1. The number of ketones is 1. The van der Waals surface area contributed by atoms with Gasteiger partial charge in [-0.25, -0.2) is 4.79 Å². The highest BCUT2D eigenvalue weighted by Gasteiger charge is 2.16. The molecule has 0 saturated carbocycles. The van der Waals surface area contributed by atoms with E-state index in [0.717, 1.165) is 11.1 Å². The fourth-order valence-corrected chi connectivity index (χ4v) is 2.08. The van der Waals surface area contributed by atoms with Crippen LogP contribution in [0.25, 0.3) is 0 Å². The van der Waals surface area contributed by atoms with Crippen LogP contribution in [0.4, 0.5) is 0 Å². The molecule has 0 aliphatic rings. The van der Waals surface area contributed by atoms with Crippen LogP contribution < -0.4 is 0 Å². The third-order valence-corrected chi connectivity index (χ3v) is 3.45. The van der Waals surface area contributed by atoms with Crippen LogP contribution in [0.3, 0.4) is 0 Å². The van der Waals surface area contributed by atoms with Gasteiger partial charge >= 0.3 is 5.97 Å². The van der Waals surface area contributed by atoms with Crippen LogP contribution in [0.2, 0.25) is 0 Å². The van der Waals surface area contributed by atoms with Gasteiger partial charge in [-0.15, -0.1) is 0 Å². The molecule has 0 aliphatic carbocycles. The molecule has 22 heavy (non-hydrogen) atoms. The van der Waals surface area contributed by atoms with E-state index in [1.54, 1.807) is 0 Å². The lowest BCUT2D eigenvalue weighted by atomic mass is 10.00. The van der Waals surface area contributed by atoms with E-state index >= 15 is 0 Å². The molecule has 0 aromatic heterocycles. The van der Waals surface area contributed by atoms with Crippen molar-refractivity contribution in [2.24, 2.45) is 0 Å². The molecule has 0 spiro atoms. The van der Waals surface area contributed by atoms with Crippen LogP contribution in [-0.2, 0) is 27.4 Å². The van der Waals surface area contributed by atoms with E-state index in [9.17, 15) is 9.59 Å². The van der Waals surface area contributed by atoms with E-state index in [0.29, 0.717) is 5.92 Å². The zero-order valence-electron chi connectivity index (χ0n) is 12.9. The quantitative estimate of drug-likeness (QED) is 0.603. The van der Waals surface area contributed by atoms with Crippen molar-refractivity contribution in [1.82, 2.24) is 0 Å². The topological polar surface area (TPSA) is 43.4 Å². The molecule has 3 nitrogen and oxygen atoms in total. The van der Waals surface area contributed by atoms with Gasteiger partial charge in [0.2, 0.25) is 5.78 Å². The number of Topliss-reactive ketones (excluding diaryl/α,β-unsaturated/α-hetero) is 1. The second kappa shape index (κ2) is 7.55. The number of benzene rings is 2. The maximum Gasteiger partial charge on any atom is 0.375 e. The average molecular weight is 296 g/mol. The van der Waals surface area contributed by atoms with Gasteiger partial charge in [0.25, 0.3) is 0 Å². The lowest BCUT2D eigenvalue weighted by Gasteiger charge is -2.07. The van der Waals surface area contributed by atoms with Gasteiger partial charge in [-0.2, -0.15) is 0 Å². The Morgan fingerprint density at radius 3 is 2.14 bits per heavy atom. The van der Waals surface area contributed by atoms with Crippen LogP contribution in [-0.4, -0.2) is 11.8 Å². The Morgan fingerprint density at radius 1 is 0.909 bits per heavy atom. The summed E-state index contributed by atoms with van der Waals surface area (Å²) in [6.07, 6.45) is 0.0754. The number of ether oxygens (including phenoxy) is 1. The van der Waals surface area contributed by atoms with Gasteiger partial charge in [0, 0.05) is 6.42 Å². The summed E-state index contributed by atoms with van der Waals surface area (Å²) in [4.78, 5) is 23.6. The minimum Gasteiger partial charge on any atom is -0.455 e. The van der Waals surface area contributed by atoms with Crippen LogP contribution in [0.1, 0.15) is 36.5 Å². The lowest BCUT2D eigenvalue weighted by Crippen LogP contribution is -2.19. The highest BCUT2D eigenvalue weighted by atomic mass is 16.5. The molecule has 0 bridgehead atoms. The predicted molar refractivity (Wildman–Crippen MR) is 85.5 cm³/mol. The van der Waals surface area contributed by atoms with Crippen molar-refractivity contribution in [1.29, 1.82) is 0 Å². The highest BCUT2D eigenvalue weighted by Crippen LogP contribution is 2.15. The van der Waals surface area contributed by atoms with Gasteiger partial charge in [0.05, 0.1) is 0 Å². The molecule has 0 unspecified atom stereocenters. The fraction of sp³-hybridized carbons (Fsp3) is 0.263. The summed E-state index contributed by atoms with van der Waals surface area (Å²) in [6, 6.07) is 17.1. The van der Waals surface area contributed by atoms with Crippen molar-refractivity contribution in [3.8, 4) is 0 Å². The molecule has 2 aromatic carbocycles. The van der Waals surface area contributed by atoms with E-state index in [4.69, 9.17) is 4.74 Å². The smallest absolute Gasteiger partial charge is 0.375 e. The van der Waals surface area contributed by atoms with Crippen molar-refractivity contribution in [3.63, 3.8) is 0 Å². The van der Waals surface area contributed by atoms with Crippen LogP contribution in [0, 0.1) is 0 Å². The molecule has 0 amide bonds. The Bertz CT molecular complexity index is 627. The monoisotopic (exact) mass is 296 g/mol. The van der Waals surface area contributed by atoms with Gasteiger partial charge in [-0.3, -0.25) is 4.79 Å². The average Bonchev–Trinajstić information content (AvgIpc) is 2.54. The number of hydrogen-bond acceptors (Lipinski definition) is 3. The summed E-state index contributed by atoms with van der Waals surface area (Å²) < 4.78 is 5.04. The molecule has 0 saturated heterocycles. The third-order valence-electron chi connectivity index (χ3n) is 3.45. The Morgan fingerprint density at radius 2 is 1.55 bits per heavy atom. The summed E-state index contributed by atoms with van der Waals surface area (Å²) in [6.45, 7) is 4.35. The number of rotatable bonds is 6. The van der Waals surface area contributed by atoms with Gasteiger partial charge < -0.3 is 4.74 Å². The highest BCUT2D eigenvalue weighted by molar-refractivity contribution is 6.34. The van der Waals surface area contributed by atoms with Crippen molar-refractivity contribution in [2.75, 3.05) is 0 Å². The summed E-state index contributed by atoms with van der Waals surface area (Å²) in [5.74, 6) is -0.856. The van der Waals surface area contributed by atoms with E-state index in [1.807, 2.05) is 54.6 Å². The van der Waals surface area contributed by atoms with E-state index in [1.165, 1.54) is 5.56 Å². The molecular weight excluding hydrogens is 276 g/mol. The first-order valence-electron chi connectivity index (χ1n) is 7.39. The molecule has 0 atom stereocenters. The molecule has 0 fully saturated rings. The standard InChI is InChI=1S/C19H20O3/c1-14(2)17-10-8-15(9-11-17)12-18(20)19(21)22-13-16-6-4-3-5-7-16/h3-11,14H,12-13H2,1-2H3. The minimum atomic E-state index is -0.781. The van der Waals surface area contributed by atoms with Crippen LogP contribution in [0.5, 0.6) is 0 Å². The molecule has 3 heteroatoms. The molecule has 0 radical (unpaired) electrons. The molecule has 2 rings (SSSR count). The zero-order chi connectivity index (χ0) is 15.9. The molecular formula is C19H20O3. The Hall–Kier alpha value is -2.42. The Balaban J connectivity index is 1.87. The van der Waals surface area contributed by atoms with Gasteiger partial charge in [0.15, 0.2) is 0 Å². The largest absolute Gasteiger partial charge is 0.455 e. The van der Waals surface area contributed by atoms with Crippen molar-refractivity contribution in [2.45, 2.75) is 32.8 Å². The van der Waals surface area contributed by atoms with E-state index < -0.39 is 11.8 Å². The maximum absolute atomic E-state index is 11.9. The molecule has 2 aromatic rings. The number of carbonyl (C=O) groups excluding carboxylic acids is 2. The molecule has 114 valence electrons. The van der Waals surface area contributed by atoms with Crippen molar-refractivity contribution < 1.29 is 14.3 Å². The predicted octanol–water partition coefficient (Wildman–Crippen LogP) is 3.67. The first-order valence-corrected chi connectivity index (χ1v) is 7.39. The summed E-state index contributed by atoms with van der Waals surface area (Å²) in [5, 5.41) is 0. The summed E-state index contributed by atoms with van der Waals surface area (Å²) in [7, 11) is 0. The first-order chi connectivity index (χ1) is 10.6. The third kappa shape index (κ3) is 4.55. The zero-order valence-corrected chi connectivity index (χ0v) is 12.9. The molecule has 0 heterocycles. The summed E-state index contributed by atoms with van der Waals surface area (Å²) in [5.41, 5.74) is 2.90. The van der Waals surface area contributed by atoms with Crippen molar-refractivity contribution in [3.05, 3.63) is 71.3 Å². The van der Waals surface area contributed by atoms with Gasteiger partial charge in [-0.1, -0.05) is 68.4 Å². The molecule has 0 N–H and O–H groups in total. The minimum absolute atomic E-state index is 0.0754. The van der Waals surface area contributed by atoms with Crippen LogP contribution >= 0.6 is 0 Å². The Labute approximate surface area is 130 Å². The van der Waals surface area contributed by atoms with Gasteiger partial charge in [0.1, 0.15) is 6.61 Å². The fourth-order valence-electron chi connectivity index (χ4n) is 2.08. The van der Waals surface area contributed by atoms with Crippen molar-refractivity contribution >= 4 is 11.8 Å².